The van der Waals surface area contributed by atoms with E-state index in [0.717, 1.165) is 12.1 Å². The van der Waals surface area contributed by atoms with E-state index in [4.69, 9.17) is 5.73 Å². The first kappa shape index (κ1) is 27.2. The molecule has 1 aromatic heterocycles. The number of nitrogens with zero attached hydrogens (tertiary/aromatic N) is 2. The van der Waals surface area contributed by atoms with E-state index in [0.29, 0.717) is 51.8 Å². The second-order valence-corrected chi connectivity index (χ2v) is 10.6. The average molecular weight is 644 g/mol. The summed E-state index contributed by atoms with van der Waals surface area (Å²) in [4.78, 5) is 42.1. The van der Waals surface area contributed by atoms with Crippen molar-refractivity contribution >= 4 is 49.2 Å². The number of imidazole rings is 1. The molecule has 3 N–H and O–H groups in total. The molecule has 2 heterocycles. The van der Waals surface area contributed by atoms with Gasteiger partial charge in [0.1, 0.15) is 0 Å². The number of likely N-dealkylation sites (tertiary alicyclic amines) is 1. The normalized spacial score (nSPS) is 14.7. The summed E-state index contributed by atoms with van der Waals surface area (Å²) in [5.41, 5.74) is 6.15. The summed E-state index contributed by atoms with van der Waals surface area (Å²) in [6, 6.07) is 7.84. The van der Waals surface area contributed by atoms with E-state index < -0.39 is 17.4 Å². The maximum absolute atomic E-state index is 13.1. The van der Waals surface area contributed by atoms with Crippen molar-refractivity contribution in [3.8, 4) is 11.3 Å². The van der Waals surface area contributed by atoms with Gasteiger partial charge in [0.2, 0.25) is 5.91 Å². The number of ketones is 1. The van der Waals surface area contributed by atoms with Crippen molar-refractivity contribution in [1.82, 2.24) is 14.5 Å². The van der Waals surface area contributed by atoms with E-state index in [1.54, 1.807) is 17.0 Å². The predicted octanol–water partition coefficient (Wildman–Crippen LogP) is 5.80. The molecule has 1 saturated heterocycles. The van der Waals surface area contributed by atoms with Gasteiger partial charge in [0.25, 0.3) is 0 Å². The Labute approximate surface area is 227 Å². The van der Waals surface area contributed by atoms with Crippen LogP contribution in [-0.4, -0.2) is 39.2 Å². The Kier molecular flexibility index (Phi) is 7.98. The van der Waals surface area contributed by atoms with Crippen molar-refractivity contribution < 1.29 is 22.8 Å². The zero-order chi connectivity index (χ0) is 26.9. The molecule has 1 amide bonds. The molecule has 0 spiro atoms. The van der Waals surface area contributed by atoms with E-state index in [-0.39, 0.29) is 36.1 Å². The standard InChI is InChI=1S/C25H23Br2F3N4O3/c26-18-11-15(12-19(27)23(18)31)21(35)4-5-22(36)33-8-6-17(7-9-33)34-13-20(32-24(34)37)14-2-1-3-16(10-14)25(28,29)30/h1-3,10-13,17H,4-9,31H2,(H,32,37). The molecule has 1 fully saturated rings. The van der Waals surface area contributed by atoms with Gasteiger partial charge in [-0.15, -0.1) is 0 Å². The molecular weight excluding hydrogens is 621 g/mol. The fourth-order valence-corrected chi connectivity index (χ4v) is 5.54. The Morgan fingerprint density at radius 2 is 1.70 bits per heavy atom. The van der Waals surface area contributed by atoms with Crippen molar-refractivity contribution in [1.29, 1.82) is 0 Å². The predicted molar refractivity (Wildman–Crippen MR) is 140 cm³/mol. The number of nitrogen functional groups attached to an aromatic ring is 1. The third-order valence-corrected chi connectivity index (χ3v) is 7.73. The van der Waals surface area contributed by atoms with Gasteiger partial charge in [-0.1, -0.05) is 12.1 Å². The number of nitrogens with one attached hydrogen (secondary N) is 1. The smallest absolute Gasteiger partial charge is 0.397 e. The Hall–Kier alpha value is -2.86. The average Bonchev–Trinajstić information content (AvgIpc) is 3.26. The molecule has 0 unspecified atom stereocenters. The van der Waals surface area contributed by atoms with Crippen LogP contribution in [0.2, 0.25) is 0 Å². The first-order chi connectivity index (χ1) is 17.4. The van der Waals surface area contributed by atoms with Gasteiger partial charge in [0, 0.05) is 58.2 Å². The number of carbonyl (C=O) groups is 2. The summed E-state index contributed by atoms with van der Waals surface area (Å²) >= 11 is 6.62. The van der Waals surface area contributed by atoms with Crippen molar-refractivity contribution in [2.45, 2.75) is 37.9 Å². The van der Waals surface area contributed by atoms with Crippen LogP contribution in [0, 0.1) is 0 Å². The molecule has 1 aliphatic rings. The number of aromatic nitrogens is 2. The van der Waals surface area contributed by atoms with Crippen LogP contribution in [0.3, 0.4) is 0 Å². The third-order valence-electron chi connectivity index (χ3n) is 6.42. The van der Waals surface area contributed by atoms with Crippen molar-refractivity contribution in [2.75, 3.05) is 18.8 Å². The highest BCUT2D eigenvalue weighted by molar-refractivity contribution is 9.11. The molecule has 7 nitrogen and oxygen atoms in total. The third kappa shape index (κ3) is 6.18. The zero-order valence-electron chi connectivity index (χ0n) is 19.4. The number of nitrogens with two attached hydrogens (primary N) is 1. The number of halogens is 5. The largest absolute Gasteiger partial charge is 0.416 e. The van der Waals surface area contributed by atoms with Gasteiger partial charge in [0.05, 0.1) is 16.9 Å². The summed E-state index contributed by atoms with van der Waals surface area (Å²) in [6.45, 7) is 0.820. The van der Waals surface area contributed by atoms with Crippen LogP contribution in [0.1, 0.15) is 47.6 Å². The number of H-pyrrole nitrogens is 1. The fourth-order valence-electron chi connectivity index (χ4n) is 4.35. The van der Waals surface area contributed by atoms with E-state index in [1.807, 2.05) is 0 Å². The molecule has 196 valence electrons. The molecule has 0 bridgehead atoms. The second kappa shape index (κ2) is 10.9. The lowest BCUT2D eigenvalue weighted by Gasteiger charge is -2.32. The fraction of sp³-hybridized carbons (Fsp3) is 0.320. The lowest BCUT2D eigenvalue weighted by Crippen LogP contribution is -2.40. The first-order valence-corrected chi connectivity index (χ1v) is 13.1. The van der Waals surface area contributed by atoms with Crippen LogP contribution in [-0.2, 0) is 11.0 Å². The zero-order valence-corrected chi connectivity index (χ0v) is 22.6. The van der Waals surface area contributed by atoms with Gasteiger partial charge in [-0.2, -0.15) is 13.2 Å². The number of rotatable bonds is 6. The maximum atomic E-state index is 13.1. The quantitative estimate of drug-likeness (QED) is 0.262. The number of alkyl halides is 3. The molecule has 0 radical (unpaired) electrons. The van der Waals surface area contributed by atoms with E-state index in [2.05, 4.69) is 36.8 Å². The number of carbonyl (C=O) groups excluding carboxylic acids is 2. The van der Waals surface area contributed by atoms with Crippen LogP contribution in [0.4, 0.5) is 18.9 Å². The number of hydrogen-bond donors (Lipinski definition) is 2. The van der Waals surface area contributed by atoms with Crippen molar-refractivity contribution in [3.63, 3.8) is 0 Å². The minimum Gasteiger partial charge on any atom is -0.397 e. The van der Waals surface area contributed by atoms with Crippen LogP contribution in [0.25, 0.3) is 11.3 Å². The minimum absolute atomic E-state index is 0.0547. The Bertz CT molecular complexity index is 1370. The summed E-state index contributed by atoms with van der Waals surface area (Å²) in [6.07, 6.45) is -1.81. The number of amides is 1. The molecule has 1 aliphatic heterocycles. The molecule has 2 aromatic carbocycles. The SMILES string of the molecule is Nc1c(Br)cc(C(=O)CCC(=O)N2CCC(n3cc(-c4cccc(C(F)(F)F)c4)[nH]c3=O)CC2)cc1Br. The topological polar surface area (TPSA) is 101 Å². The maximum Gasteiger partial charge on any atom is 0.416 e. The number of hydrogen-bond acceptors (Lipinski definition) is 4. The van der Waals surface area contributed by atoms with Crippen molar-refractivity contribution in [3.05, 3.63) is 73.2 Å². The van der Waals surface area contributed by atoms with Gasteiger partial charge < -0.3 is 15.6 Å². The Balaban J connectivity index is 1.35. The molecule has 12 heteroatoms. The number of Topliss-reactive ketones (excluding diaryl/α,β-unsaturated/α-hetero) is 1. The summed E-state index contributed by atoms with van der Waals surface area (Å²) in [5, 5.41) is 0. The van der Waals surface area contributed by atoms with Crippen molar-refractivity contribution in [2.24, 2.45) is 0 Å². The van der Waals surface area contributed by atoms with Gasteiger partial charge in [-0.05, 0) is 69.0 Å². The number of anilines is 1. The number of piperidine rings is 1. The van der Waals surface area contributed by atoms with Gasteiger partial charge in [0.15, 0.2) is 5.78 Å². The molecule has 0 atom stereocenters. The van der Waals surface area contributed by atoms with Gasteiger partial charge in [-0.3, -0.25) is 14.2 Å². The Morgan fingerprint density at radius 1 is 1.05 bits per heavy atom. The summed E-state index contributed by atoms with van der Waals surface area (Å²) in [7, 11) is 0. The van der Waals surface area contributed by atoms with E-state index >= 15 is 0 Å². The summed E-state index contributed by atoms with van der Waals surface area (Å²) in [5.74, 6) is -0.322. The summed E-state index contributed by atoms with van der Waals surface area (Å²) < 4.78 is 41.8. The molecule has 0 saturated carbocycles. The molecule has 0 aliphatic carbocycles. The van der Waals surface area contributed by atoms with Gasteiger partial charge in [-0.25, -0.2) is 4.79 Å². The number of benzene rings is 2. The van der Waals surface area contributed by atoms with E-state index in [1.165, 1.54) is 22.9 Å². The molecule has 3 aromatic rings. The Morgan fingerprint density at radius 3 is 2.32 bits per heavy atom. The highest BCUT2D eigenvalue weighted by atomic mass is 79.9. The number of aromatic amines is 1. The highest BCUT2D eigenvalue weighted by Crippen LogP contribution is 2.32. The monoisotopic (exact) mass is 642 g/mol. The molecule has 4 rings (SSSR count). The van der Waals surface area contributed by atoms with Crippen LogP contribution in [0.15, 0.2) is 56.3 Å². The molecular formula is C25H23Br2F3N4O3. The lowest BCUT2D eigenvalue weighted by molar-refractivity contribution is -0.137. The highest BCUT2D eigenvalue weighted by Gasteiger charge is 2.31. The molecule has 37 heavy (non-hydrogen) atoms. The first-order valence-electron chi connectivity index (χ1n) is 11.5. The van der Waals surface area contributed by atoms with Gasteiger partial charge >= 0.3 is 11.9 Å². The van der Waals surface area contributed by atoms with E-state index in [9.17, 15) is 27.6 Å². The van der Waals surface area contributed by atoms with Crippen LogP contribution < -0.4 is 11.4 Å². The lowest BCUT2D eigenvalue weighted by atomic mass is 10.0. The second-order valence-electron chi connectivity index (χ2n) is 8.85. The van der Waals surface area contributed by atoms with Crippen LogP contribution >= 0.6 is 31.9 Å². The van der Waals surface area contributed by atoms with Crippen LogP contribution in [0.5, 0.6) is 0 Å². The minimum atomic E-state index is -4.48.